The van der Waals surface area contributed by atoms with E-state index in [2.05, 4.69) is 21.4 Å². The summed E-state index contributed by atoms with van der Waals surface area (Å²) in [7, 11) is 0. The average Bonchev–Trinajstić information content (AvgIpc) is 2.46. The van der Waals surface area contributed by atoms with Crippen LogP contribution in [0.15, 0.2) is 51.8 Å². The zero-order chi connectivity index (χ0) is 14.5. The van der Waals surface area contributed by atoms with Crippen LogP contribution in [0.4, 0.5) is 4.39 Å². The Morgan fingerprint density at radius 1 is 1.25 bits per heavy atom. The maximum atomic E-state index is 12.8. The van der Waals surface area contributed by atoms with E-state index in [0.717, 1.165) is 20.7 Å². The van der Waals surface area contributed by atoms with Crippen molar-refractivity contribution in [2.45, 2.75) is 10.6 Å². The van der Waals surface area contributed by atoms with E-state index in [0.29, 0.717) is 5.56 Å². The Bertz CT molecular complexity index is 619. The van der Waals surface area contributed by atoms with Crippen LogP contribution in [0.3, 0.4) is 0 Å². The number of thioether (sulfide) groups is 1. The average molecular weight is 355 g/mol. The molecule has 0 aliphatic rings. The molecule has 0 bridgehead atoms. The van der Waals surface area contributed by atoms with Crippen LogP contribution >= 0.6 is 27.7 Å². The number of halogens is 2. The van der Waals surface area contributed by atoms with Crippen LogP contribution in [0, 0.1) is 5.82 Å². The topological polar surface area (TPSA) is 55.1 Å². The first-order valence-corrected chi connectivity index (χ1v) is 7.56. The molecule has 0 radical (unpaired) electrons. The molecular formula is C14H12BrFN2OS. The summed E-state index contributed by atoms with van der Waals surface area (Å²) >= 11 is 5.03. The Kier molecular flexibility index (Phi) is 5.17. The highest BCUT2D eigenvalue weighted by atomic mass is 79.9. The number of nitrogens with two attached hydrogens (primary N) is 1. The molecule has 0 spiro atoms. The smallest absolute Gasteiger partial charge is 0.265 e. The second kappa shape index (κ2) is 6.88. The van der Waals surface area contributed by atoms with E-state index in [1.54, 1.807) is 36.0 Å². The molecule has 20 heavy (non-hydrogen) atoms. The van der Waals surface area contributed by atoms with E-state index in [-0.39, 0.29) is 11.7 Å². The largest absolute Gasteiger partial charge is 0.290 e. The number of amides is 1. The van der Waals surface area contributed by atoms with Crippen LogP contribution in [0.2, 0.25) is 0 Å². The van der Waals surface area contributed by atoms with E-state index >= 15 is 0 Å². The molecule has 2 aromatic rings. The van der Waals surface area contributed by atoms with Crippen molar-refractivity contribution in [1.82, 2.24) is 5.43 Å². The van der Waals surface area contributed by atoms with Crippen molar-refractivity contribution in [2.75, 3.05) is 0 Å². The first kappa shape index (κ1) is 15.0. The van der Waals surface area contributed by atoms with E-state index in [9.17, 15) is 9.18 Å². The number of hydrogen-bond acceptors (Lipinski definition) is 3. The molecule has 0 aliphatic heterocycles. The van der Waals surface area contributed by atoms with Crippen LogP contribution in [-0.2, 0) is 5.75 Å². The molecule has 0 aliphatic carbocycles. The molecule has 2 rings (SSSR count). The number of rotatable bonds is 4. The lowest BCUT2D eigenvalue weighted by Crippen LogP contribution is -2.29. The third-order valence-electron chi connectivity index (χ3n) is 2.65. The van der Waals surface area contributed by atoms with Gasteiger partial charge in [0.1, 0.15) is 5.82 Å². The van der Waals surface area contributed by atoms with Crippen molar-refractivity contribution in [2.24, 2.45) is 5.84 Å². The fourth-order valence-corrected chi connectivity index (χ4v) is 3.19. The van der Waals surface area contributed by atoms with Crippen molar-refractivity contribution >= 4 is 33.6 Å². The molecule has 3 nitrogen and oxygen atoms in total. The minimum absolute atomic E-state index is 0.243. The molecule has 0 heterocycles. The van der Waals surface area contributed by atoms with Crippen LogP contribution in [-0.4, -0.2) is 5.91 Å². The van der Waals surface area contributed by atoms with Gasteiger partial charge >= 0.3 is 0 Å². The minimum Gasteiger partial charge on any atom is -0.290 e. The number of hydrogen-bond donors (Lipinski definition) is 2. The number of hydrazine groups is 1. The molecule has 0 saturated carbocycles. The molecule has 0 atom stereocenters. The lowest BCUT2D eigenvalue weighted by Gasteiger charge is -2.07. The van der Waals surface area contributed by atoms with Gasteiger partial charge in [0.2, 0.25) is 0 Å². The summed E-state index contributed by atoms with van der Waals surface area (Å²) in [4.78, 5) is 12.4. The van der Waals surface area contributed by atoms with Gasteiger partial charge < -0.3 is 0 Å². The lowest BCUT2D eigenvalue weighted by molar-refractivity contribution is 0.0953. The van der Waals surface area contributed by atoms with Crippen molar-refractivity contribution in [3.8, 4) is 0 Å². The van der Waals surface area contributed by atoms with Crippen molar-refractivity contribution < 1.29 is 9.18 Å². The van der Waals surface area contributed by atoms with Gasteiger partial charge in [-0.25, -0.2) is 10.2 Å². The SMILES string of the molecule is NNC(=O)c1ccc(CSc2ccc(F)cc2)c(Br)c1. The van der Waals surface area contributed by atoms with Crippen LogP contribution in [0.25, 0.3) is 0 Å². The third kappa shape index (κ3) is 3.82. The van der Waals surface area contributed by atoms with Gasteiger partial charge in [0, 0.05) is 20.7 Å². The second-order valence-corrected chi connectivity index (χ2v) is 5.93. The number of carbonyl (C=O) groups excluding carboxylic acids is 1. The normalized spacial score (nSPS) is 10.3. The predicted molar refractivity (Wildman–Crippen MR) is 81.8 cm³/mol. The van der Waals surface area contributed by atoms with Gasteiger partial charge in [0.15, 0.2) is 0 Å². The highest BCUT2D eigenvalue weighted by Gasteiger charge is 2.07. The Hall–Kier alpha value is -1.37. The summed E-state index contributed by atoms with van der Waals surface area (Å²) in [5, 5.41) is 0. The molecule has 0 aromatic heterocycles. The highest BCUT2D eigenvalue weighted by Crippen LogP contribution is 2.27. The third-order valence-corrected chi connectivity index (χ3v) is 4.45. The standard InChI is InChI=1S/C14H12BrFN2OS/c15-13-7-9(14(19)18-17)1-2-10(13)8-20-12-5-3-11(16)4-6-12/h1-7H,8,17H2,(H,18,19). The molecular weight excluding hydrogens is 343 g/mol. The highest BCUT2D eigenvalue weighted by molar-refractivity contribution is 9.10. The van der Waals surface area contributed by atoms with Gasteiger partial charge in [-0.05, 0) is 42.0 Å². The Labute approximate surface area is 128 Å². The van der Waals surface area contributed by atoms with Crippen molar-refractivity contribution in [3.63, 3.8) is 0 Å². The summed E-state index contributed by atoms with van der Waals surface area (Å²) in [6, 6.07) is 11.7. The van der Waals surface area contributed by atoms with Gasteiger partial charge in [-0.1, -0.05) is 22.0 Å². The molecule has 3 N–H and O–H groups in total. The van der Waals surface area contributed by atoms with E-state index in [4.69, 9.17) is 5.84 Å². The number of nitrogen functional groups attached to an aromatic ring is 1. The van der Waals surface area contributed by atoms with Crippen LogP contribution in [0.1, 0.15) is 15.9 Å². The number of benzene rings is 2. The zero-order valence-corrected chi connectivity index (χ0v) is 12.8. The molecule has 2 aromatic carbocycles. The monoisotopic (exact) mass is 354 g/mol. The summed E-state index contributed by atoms with van der Waals surface area (Å²) in [6.45, 7) is 0. The molecule has 0 saturated heterocycles. The van der Waals surface area contributed by atoms with E-state index in [1.807, 2.05) is 6.07 Å². The fourth-order valence-electron chi connectivity index (χ4n) is 1.58. The van der Waals surface area contributed by atoms with Gasteiger partial charge in [-0.15, -0.1) is 11.8 Å². The zero-order valence-electron chi connectivity index (χ0n) is 10.4. The summed E-state index contributed by atoms with van der Waals surface area (Å²) in [6.07, 6.45) is 0. The van der Waals surface area contributed by atoms with Crippen molar-refractivity contribution in [1.29, 1.82) is 0 Å². The Balaban J connectivity index is 2.06. The summed E-state index contributed by atoms with van der Waals surface area (Å²) < 4.78 is 13.6. The maximum absolute atomic E-state index is 12.8. The van der Waals surface area contributed by atoms with E-state index in [1.165, 1.54) is 12.1 Å². The molecule has 104 valence electrons. The first-order valence-electron chi connectivity index (χ1n) is 5.78. The lowest BCUT2D eigenvalue weighted by atomic mass is 10.1. The Morgan fingerprint density at radius 2 is 1.95 bits per heavy atom. The van der Waals surface area contributed by atoms with Gasteiger partial charge in [-0.3, -0.25) is 10.2 Å². The first-order chi connectivity index (χ1) is 9.60. The van der Waals surface area contributed by atoms with E-state index < -0.39 is 0 Å². The minimum atomic E-state index is -0.330. The van der Waals surface area contributed by atoms with Gasteiger partial charge in [-0.2, -0.15) is 0 Å². The van der Waals surface area contributed by atoms with Gasteiger partial charge in [0.05, 0.1) is 0 Å². The molecule has 1 amide bonds. The predicted octanol–water partition coefficient (Wildman–Crippen LogP) is 3.48. The fraction of sp³-hybridized carbons (Fsp3) is 0.0714. The molecule has 6 heteroatoms. The summed E-state index contributed by atoms with van der Waals surface area (Å²) in [5.41, 5.74) is 3.63. The van der Waals surface area contributed by atoms with Crippen LogP contribution in [0.5, 0.6) is 0 Å². The second-order valence-electron chi connectivity index (χ2n) is 4.02. The number of nitrogens with one attached hydrogen (secondary N) is 1. The quantitative estimate of drug-likeness (QED) is 0.382. The maximum Gasteiger partial charge on any atom is 0.265 e. The molecule has 0 unspecified atom stereocenters. The van der Waals surface area contributed by atoms with Crippen LogP contribution < -0.4 is 11.3 Å². The van der Waals surface area contributed by atoms with Gasteiger partial charge in [0.25, 0.3) is 5.91 Å². The summed E-state index contributed by atoms with van der Waals surface area (Å²) in [5.74, 6) is 5.24. The Morgan fingerprint density at radius 3 is 2.55 bits per heavy atom. The van der Waals surface area contributed by atoms with Crippen molar-refractivity contribution in [3.05, 3.63) is 63.9 Å². The number of carbonyl (C=O) groups is 1. The molecule has 0 fully saturated rings.